The molecule has 0 spiro atoms. The van der Waals surface area contributed by atoms with Crippen LogP contribution >= 0.6 is 0 Å². The van der Waals surface area contributed by atoms with E-state index in [0.29, 0.717) is 0 Å². The van der Waals surface area contributed by atoms with Gasteiger partial charge in [-0.3, -0.25) is 9.89 Å². The number of nitrogens with zero attached hydrogens (tertiary/aromatic N) is 3. The summed E-state index contributed by atoms with van der Waals surface area (Å²) in [6.07, 6.45) is 1.27. The van der Waals surface area contributed by atoms with E-state index in [9.17, 15) is 0 Å². The van der Waals surface area contributed by atoms with Crippen LogP contribution in [-0.4, -0.2) is 62.1 Å². The van der Waals surface area contributed by atoms with E-state index in [-0.39, 0.29) is 0 Å². The van der Waals surface area contributed by atoms with Gasteiger partial charge in [-0.25, -0.2) is 0 Å². The van der Waals surface area contributed by atoms with Gasteiger partial charge in [0.15, 0.2) is 5.96 Å². The molecule has 1 aromatic rings. The second kappa shape index (κ2) is 7.61. The molecule has 1 fully saturated rings. The minimum atomic E-state index is 0.834. The van der Waals surface area contributed by atoms with Crippen molar-refractivity contribution in [1.29, 1.82) is 0 Å². The molecule has 0 amide bonds. The van der Waals surface area contributed by atoms with Gasteiger partial charge in [-0.2, -0.15) is 0 Å². The lowest BCUT2D eigenvalue weighted by molar-refractivity contribution is 0.269. The van der Waals surface area contributed by atoms with Crippen molar-refractivity contribution in [1.82, 2.24) is 20.4 Å². The highest BCUT2D eigenvalue weighted by Crippen LogP contribution is 2.10. The second-order valence-electron chi connectivity index (χ2n) is 6.26. The van der Waals surface area contributed by atoms with Gasteiger partial charge in [0.25, 0.3) is 0 Å². The quantitative estimate of drug-likeness (QED) is 0.866. The largest absolute Gasteiger partial charge is 0.355 e. The normalized spacial score (nSPS) is 20.3. The average Bonchev–Trinajstić information content (AvgIpc) is 2.97. The summed E-state index contributed by atoms with van der Waals surface area (Å²) in [4.78, 5) is 9.33. The Balaban J connectivity index is 1.48. The zero-order valence-corrected chi connectivity index (χ0v) is 13.5. The zero-order chi connectivity index (χ0) is 15.2. The SMILES string of the molecule is CN1CCCN(Cc2ccc(CNC3=NCCN3)cc2)CC1. The Hall–Kier alpha value is -1.59. The molecule has 22 heavy (non-hydrogen) atoms. The molecule has 2 aliphatic rings. The second-order valence-corrected chi connectivity index (χ2v) is 6.26. The smallest absolute Gasteiger partial charge is 0.191 e. The summed E-state index contributed by atoms with van der Waals surface area (Å²) in [5.74, 6) is 0.928. The molecule has 1 aromatic carbocycles. The lowest BCUT2D eigenvalue weighted by atomic mass is 10.1. The third kappa shape index (κ3) is 4.45. The lowest BCUT2D eigenvalue weighted by Gasteiger charge is -2.20. The zero-order valence-electron chi connectivity index (χ0n) is 13.5. The number of rotatable bonds is 4. The molecule has 120 valence electrons. The van der Waals surface area contributed by atoms with Gasteiger partial charge in [0.05, 0.1) is 6.54 Å². The number of hydrogen-bond donors (Lipinski definition) is 2. The molecule has 1 saturated heterocycles. The fourth-order valence-corrected chi connectivity index (χ4v) is 2.98. The van der Waals surface area contributed by atoms with Gasteiger partial charge in [-0.1, -0.05) is 24.3 Å². The van der Waals surface area contributed by atoms with Crippen molar-refractivity contribution in [3.63, 3.8) is 0 Å². The first-order chi connectivity index (χ1) is 10.8. The Morgan fingerprint density at radius 1 is 1.09 bits per heavy atom. The number of likely N-dealkylation sites (N-methyl/N-ethyl adjacent to an activating group) is 1. The van der Waals surface area contributed by atoms with E-state index >= 15 is 0 Å². The standard InChI is InChI=1S/C17H27N5/c1-21-9-2-10-22(12-11-21)14-16-5-3-15(4-6-16)13-20-17-18-7-8-19-17/h3-6H,2,7-14H2,1H3,(H2,18,19,20). The molecule has 0 radical (unpaired) electrons. The molecule has 0 aromatic heterocycles. The number of guanidine groups is 1. The van der Waals surface area contributed by atoms with E-state index in [1.807, 2.05) is 0 Å². The molecule has 2 heterocycles. The van der Waals surface area contributed by atoms with Gasteiger partial charge < -0.3 is 15.5 Å². The minimum Gasteiger partial charge on any atom is -0.355 e. The van der Waals surface area contributed by atoms with Crippen LogP contribution in [0.4, 0.5) is 0 Å². The van der Waals surface area contributed by atoms with Gasteiger partial charge >= 0.3 is 0 Å². The maximum Gasteiger partial charge on any atom is 0.191 e. The highest BCUT2D eigenvalue weighted by atomic mass is 15.2. The Morgan fingerprint density at radius 3 is 2.68 bits per heavy atom. The van der Waals surface area contributed by atoms with Crippen molar-refractivity contribution >= 4 is 5.96 Å². The Morgan fingerprint density at radius 2 is 1.91 bits per heavy atom. The van der Waals surface area contributed by atoms with Crippen molar-refractivity contribution in [2.45, 2.75) is 19.5 Å². The molecule has 0 saturated carbocycles. The third-order valence-corrected chi connectivity index (χ3v) is 4.38. The molecule has 3 rings (SSSR count). The van der Waals surface area contributed by atoms with E-state index in [4.69, 9.17) is 0 Å². The van der Waals surface area contributed by atoms with Crippen LogP contribution in [-0.2, 0) is 13.1 Å². The molecule has 2 N–H and O–H groups in total. The number of aliphatic imine (C=N–C) groups is 1. The molecule has 0 unspecified atom stereocenters. The van der Waals surface area contributed by atoms with Gasteiger partial charge in [0.2, 0.25) is 0 Å². The summed E-state index contributed by atoms with van der Waals surface area (Å²) in [5.41, 5.74) is 2.71. The molecular formula is C17H27N5. The fraction of sp³-hybridized carbons (Fsp3) is 0.588. The first kappa shape index (κ1) is 15.3. The summed E-state index contributed by atoms with van der Waals surface area (Å²) in [6.45, 7) is 8.51. The Bertz CT molecular complexity index is 496. The van der Waals surface area contributed by atoms with Crippen LogP contribution in [0.2, 0.25) is 0 Å². The van der Waals surface area contributed by atoms with Crippen LogP contribution < -0.4 is 10.6 Å². The molecular weight excluding hydrogens is 274 g/mol. The maximum absolute atomic E-state index is 4.34. The van der Waals surface area contributed by atoms with Crippen LogP contribution in [0.5, 0.6) is 0 Å². The molecule has 2 aliphatic heterocycles. The van der Waals surface area contributed by atoms with Crippen molar-refractivity contribution in [2.24, 2.45) is 4.99 Å². The summed E-state index contributed by atoms with van der Waals surface area (Å²) in [5, 5.41) is 6.56. The summed E-state index contributed by atoms with van der Waals surface area (Å²) in [6, 6.07) is 8.97. The summed E-state index contributed by atoms with van der Waals surface area (Å²) < 4.78 is 0. The van der Waals surface area contributed by atoms with Crippen LogP contribution in [0.25, 0.3) is 0 Å². The van der Waals surface area contributed by atoms with E-state index in [0.717, 1.165) is 32.1 Å². The van der Waals surface area contributed by atoms with Crippen molar-refractivity contribution in [3.8, 4) is 0 Å². The Kier molecular flexibility index (Phi) is 5.29. The number of benzene rings is 1. The lowest BCUT2D eigenvalue weighted by Crippen LogP contribution is -2.33. The first-order valence-electron chi connectivity index (χ1n) is 8.30. The fourth-order valence-electron chi connectivity index (χ4n) is 2.98. The first-order valence-corrected chi connectivity index (χ1v) is 8.30. The topological polar surface area (TPSA) is 42.9 Å². The number of hydrogen-bond acceptors (Lipinski definition) is 5. The summed E-state index contributed by atoms with van der Waals surface area (Å²) in [7, 11) is 2.22. The molecule has 5 nitrogen and oxygen atoms in total. The van der Waals surface area contributed by atoms with E-state index in [2.05, 4.69) is 56.7 Å². The molecule has 0 bridgehead atoms. The van der Waals surface area contributed by atoms with E-state index in [1.54, 1.807) is 0 Å². The highest BCUT2D eigenvalue weighted by molar-refractivity contribution is 5.81. The predicted molar refractivity (Wildman–Crippen MR) is 91.0 cm³/mol. The van der Waals surface area contributed by atoms with Gasteiger partial charge in [-0.15, -0.1) is 0 Å². The van der Waals surface area contributed by atoms with Crippen LogP contribution in [0.1, 0.15) is 17.5 Å². The predicted octanol–water partition coefficient (Wildman–Crippen LogP) is 0.873. The highest BCUT2D eigenvalue weighted by Gasteiger charge is 2.12. The Labute approximate surface area is 133 Å². The van der Waals surface area contributed by atoms with Crippen LogP contribution in [0, 0.1) is 0 Å². The van der Waals surface area contributed by atoms with Gasteiger partial charge in [0, 0.05) is 32.7 Å². The van der Waals surface area contributed by atoms with Crippen molar-refractivity contribution in [2.75, 3.05) is 46.3 Å². The third-order valence-electron chi connectivity index (χ3n) is 4.38. The van der Waals surface area contributed by atoms with Crippen molar-refractivity contribution in [3.05, 3.63) is 35.4 Å². The number of nitrogens with one attached hydrogen (secondary N) is 2. The van der Waals surface area contributed by atoms with Gasteiger partial charge in [-0.05, 0) is 37.7 Å². The van der Waals surface area contributed by atoms with E-state index in [1.165, 1.54) is 43.7 Å². The van der Waals surface area contributed by atoms with Crippen LogP contribution in [0.3, 0.4) is 0 Å². The molecule has 0 aliphatic carbocycles. The monoisotopic (exact) mass is 301 g/mol. The van der Waals surface area contributed by atoms with E-state index < -0.39 is 0 Å². The minimum absolute atomic E-state index is 0.834. The van der Waals surface area contributed by atoms with Crippen molar-refractivity contribution < 1.29 is 0 Å². The van der Waals surface area contributed by atoms with Crippen LogP contribution in [0.15, 0.2) is 29.3 Å². The average molecular weight is 301 g/mol. The van der Waals surface area contributed by atoms with Gasteiger partial charge in [0.1, 0.15) is 0 Å². The molecule has 0 atom stereocenters. The summed E-state index contributed by atoms with van der Waals surface area (Å²) >= 11 is 0. The maximum atomic E-state index is 4.34. The molecule has 5 heteroatoms.